The molecule has 0 unspecified atom stereocenters. The molecule has 2 aliphatic rings. The third-order valence-corrected chi connectivity index (χ3v) is 5.93. The van der Waals surface area contributed by atoms with Gasteiger partial charge in [-0.3, -0.25) is 14.4 Å². The Balaban J connectivity index is 2.04. The van der Waals surface area contributed by atoms with Crippen LogP contribution in [0.1, 0.15) is 57.6 Å². The van der Waals surface area contributed by atoms with Gasteiger partial charge in [-0.15, -0.1) is 0 Å². The number of aliphatic hydroxyl groups is 1. The number of carbonyl (C=O) groups excluding carboxylic acids is 3. The van der Waals surface area contributed by atoms with Crippen molar-refractivity contribution < 1.29 is 24.2 Å². The molecule has 0 aromatic heterocycles. The number of likely N-dealkylation sites (tertiary alicyclic amines) is 1. The van der Waals surface area contributed by atoms with E-state index in [4.69, 9.17) is 4.74 Å². The van der Waals surface area contributed by atoms with Crippen LogP contribution in [-0.4, -0.2) is 46.9 Å². The third-order valence-electron chi connectivity index (χ3n) is 5.93. The van der Waals surface area contributed by atoms with Crippen LogP contribution in [0.25, 0.3) is 5.76 Å². The van der Waals surface area contributed by atoms with Crippen molar-refractivity contribution >= 4 is 23.4 Å². The molecule has 0 spiro atoms. The highest BCUT2D eigenvalue weighted by molar-refractivity contribution is 6.20. The Morgan fingerprint density at radius 1 is 1.31 bits per heavy atom. The van der Waals surface area contributed by atoms with Gasteiger partial charge in [0.15, 0.2) is 5.78 Å². The SMILES string of the molecule is CC(=O)OC[C@H]1CCCN1C(=O)[C@]1(CCC(C)C)C(=O)C=C(O)c2ccccc21. The van der Waals surface area contributed by atoms with Crippen molar-refractivity contribution in [1.29, 1.82) is 0 Å². The summed E-state index contributed by atoms with van der Waals surface area (Å²) in [5, 5.41) is 10.3. The van der Waals surface area contributed by atoms with Crippen LogP contribution in [0.4, 0.5) is 0 Å². The third kappa shape index (κ3) is 3.93. The summed E-state index contributed by atoms with van der Waals surface area (Å²) in [7, 11) is 0. The molecule has 1 aliphatic carbocycles. The van der Waals surface area contributed by atoms with Gasteiger partial charge in [0.25, 0.3) is 0 Å². The predicted octanol–water partition coefficient (Wildman–Crippen LogP) is 3.40. The Morgan fingerprint density at radius 2 is 2.03 bits per heavy atom. The second-order valence-corrected chi connectivity index (χ2v) is 8.37. The van der Waals surface area contributed by atoms with Gasteiger partial charge in [0.05, 0.1) is 6.04 Å². The van der Waals surface area contributed by atoms with E-state index in [1.54, 1.807) is 29.2 Å². The van der Waals surface area contributed by atoms with Gasteiger partial charge in [-0.25, -0.2) is 0 Å². The normalized spacial score (nSPS) is 23.7. The number of hydrogen-bond acceptors (Lipinski definition) is 5. The Bertz CT molecular complexity index is 843. The van der Waals surface area contributed by atoms with Crippen LogP contribution in [0.3, 0.4) is 0 Å². The van der Waals surface area contributed by atoms with Crippen LogP contribution in [0, 0.1) is 5.92 Å². The molecule has 0 saturated carbocycles. The monoisotopic (exact) mass is 399 g/mol. The highest BCUT2D eigenvalue weighted by atomic mass is 16.5. The number of ketones is 1. The van der Waals surface area contributed by atoms with Crippen LogP contribution >= 0.6 is 0 Å². The first kappa shape index (κ1) is 21.1. The smallest absolute Gasteiger partial charge is 0.302 e. The number of rotatable bonds is 6. The number of amides is 1. The molecule has 1 aromatic carbocycles. The van der Waals surface area contributed by atoms with E-state index in [1.807, 2.05) is 0 Å². The average molecular weight is 399 g/mol. The minimum Gasteiger partial charge on any atom is -0.507 e. The maximum atomic E-state index is 13.9. The van der Waals surface area contributed by atoms with Gasteiger partial charge in [-0.1, -0.05) is 38.1 Å². The number of nitrogens with zero attached hydrogens (tertiary/aromatic N) is 1. The number of fused-ring (bicyclic) bond motifs is 1. The second-order valence-electron chi connectivity index (χ2n) is 8.37. The summed E-state index contributed by atoms with van der Waals surface area (Å²) >= 11 is 0. The molecule has 29 heavy (non-hydrogen) atoms. The summed E-state index contributed by atoms with van der Waals surface area (Å²) < 4.78 is 5.17. The second kappa shape index (κ2) is 8.39. The number of esters is 1. The molecule has 3 rings (SSSR count). The first-order chi connectivity index (χ1) is 13.8. The quantitative estimate of drug-likeness (QED) is 0.585. The van der Waals surface area contributed by atoms with Crippen molar-refractivity contribution in [1.82, 2.24) is 4.90 Å². The standard InChI is InChI=1S/C23H29NO5/c1-15(2)10-11-23(19-9-5-4-8-18(19)20(26)13-21(23)27)22(28)24-12-6-7-17(24)14-29-16(3)25/h4-5,8-9,13,15,17,26H,6-7,10-12,14H2,1-3H3/t17-,23+/m1/s1. The zero-order valence-electron chi connectivity index (χ0n) is 17.3. The maximum absolute atomic E-state index is 13.9. The van der Waals surface area contributed by atoms with Gasteiger partial charge >= 0.3 is 5.97 Å². The molecule has 1 amide bonds. The van der Waals surface area contributed by atoms with Crippen LogP contribution < -0.4 is 0 Å². The van der Waals surface area contributed by atoms with Crippen molar-refractivity contribution in [2.45, 2.75) is 57.9 Å². The van der Waals surface area contributed by atoms with Crippen molar-refractivity contribution in [3.05, 3.63) is 41.5 Å². The Hall–Kier alpha value is -2.63. The minimum absolute atomic E-state index is 0.101. The molecular weight excluding hydrogens is 370 g/mol. The molecule has 1 heterocycles. The lowest BCUT2D eigenvalue weighted by molar-refractivity contribution is -0.149. The van der Waals surface area contributed by atoms with E-state index < -0.39 is 5.41 Å². The van der Waals surface area contributed by atoms with E-state index in [0.717, 1.165) is 12.8 Å². The van der Waals surface area contributed by atoms with Gasteiger partial charge in [0.1, 0.15) is 17.8 Å². The van der Waals surface area contributed by atoms with Crippen molar-refractivity contribution in [3.63, 3.8) is 0 Å². The van der Waals surface area contributed by atoms with Crippen LogP contribution in [-0.2, 0) is 24.5 Å². The molecule has 6 heteroatoms. The highest BCUT2D eigenvalue weighted by Crippen LogP contribution is 2.43. The van der Waals surface area contributed by atoms with Crippen molar-refractivity contribution in [3.8, 4) is 0 Å². The average Bonchev–Trinajstić information content (AvgIpc) is 3.14. The lowest BCUT2D eigenvalue weighted by Crippen LogP contribution is -2.55. The van der Waals surface area contributed by atoms with Crippen LogP contribution in [0.2, 0.25) is 0 Å². The Morgan fingerprint density at radius 3 is 2.72 bits per heavy atom. The van der Waals surface area contributed by atoms with Gasteiger partial charge in [-0.2, -0.15) is 0 Å². The summed E-state index contributed by atoms with van der Waals surface area (Å²) in [6.07, 6.45) is 3.80. The molecule has 1 aliphatic heterocycles. The first-order valence-electron chi connectivity index (χ1n) is 10.3. The van der Waals surface area contributed by atoms with E-state index in [0.29, 0.717) is 36.4 Å². The number of benzene rings is 1. The molecule has 1 N–H and O–H groups in total. The predicted molar refractivity (Wildman–Crippen MR) is 109 cm³/mol. The maximum Gasteiger partial charge on any atom is 0.302 e. The summed E-state index contributed by atoms with van der Waals surface area (Å²) in [5.41, 5.74) is -0.264. The lowest BCUT2D eigenvalue weighted by atomic mass is 9.66. The molecule has 0 radical (unpaired) electrons. The summed E-state index contributed by atoms with van der Waals surface area (Å²) in [6.45, 7) is 6.13. The van der Waals surface area contributed by atoms with Gasteiger partial charge < -0.3 is 14.7 Å². The van der Waals surface area contributed by atoms with Gasteiger partial charge in [-0.05, 0) is 37.2 Å². The van der Waals surface area contributed by atoms with Crippen molar-refractivity contribution in [2.24, 2.45) is 5.92 Å². The van der Waals surface area contributed by atoms with E-state index in [1.165, 1.54) is 13.0 Å². The summed E-state index contributed by atoms with van der Waals surface area (Å²) in [5.74, 6) is -0.803. The number of carbonyl (C=O) groups is 3. The Kier molecular flexibility index (Phi) is 6.10. The molecule has 1 fully saturated rings. The fourth-order valence-electron chi connectivity index (χ4n) is 4.36. The lowest BCUT2D eigenvalue weighted by Gasteiger charge is -2.39. The number of aliphatic hydroxyl groups excluding tert-OH is 1. The largest absolute Gasteiger partial charge is 0.507 e. The van der Waals surface area contributed by atoms with Gasteiger partial charge in [0, 0.05) is 25.1 Å². The van der Waals surface area contributed by atoms with Gasteiger partial charge in [0.2, 0.25) is 5.91 Å². The van der Waals surface area contributed by atoms with Crippen molar-refractivity contribution in [2.75, 3.05) is 13.2 Å². The van der Waals surface area contributed by atoms with E-state index in [9.17, 15) is 19.5 Å². The summed E-state index contributed by atoms with van der Waals surface area (Å²) in [4.78, 5) is 40.2. The Labute approximate surface area is 171 Å². The van der Waals surface area contributed by atoms with E-state index in [-0.39, 0.29) is 36.1 Å². The molecule has 1 aromatic rings. The first-order valence-corrected chi connectivity index (χ1v) is 10.3. The molecule has 6 nitrogen and oxygen atoms in total. The van der Waals surface area contributed by atoms with Crippen LogP contribution in [0.15, 0.2) is 30.3 Å². The number of allylic oxidation sites excluding steroid dienone is 1. The fourth-order valence-corrected chi connectivity index (χ4v) is 4.36. The molecule has 156 valence electrons. The topological polar surface area (TPSA) is 83.9 Å². The fraction of sp³-hybridized carbons (Fsp3) is 0.522. The van der Waals surface area contributed by atoms with E-state index >= 15 is 0 Å². The van der Waals surface area contributed by atoms with E-state index in [2.05, 4.69) is 13.8 Å². The molecular formula is C23H29NO5. The number of hydrogen-bond donors (Lipinski definition) is 1. The molecule has 1 saturated heterocycles. The van der Waals surface area contributed by atoms with Crippen LogP contribution in [0.5, 0.6) is 0 Å². The summed E-state index contributed by atoms with van der Waals surface area (Å²) in [6, 6.07) is 6.86. The molecule has 2 atom stereocenters. The zero-order valence-corrected chi connectivity index (χ0v) is 17.3. The zero-order chi connectivity index (χ0) is 21.2. The minimum atomic E-state index is -1.36. The number of ether oxygens (including phenoxy) is 1. The molecule has 0 bridgehead atoms. The highest BCUT2D eigenvalue weighted by Gasteiger charge is 2.53.